The van der Waals surface area contributed by atoms with Crippen LogP contribution in [0.4, 0.5) is 30.5 Å². The molecule has 2 aliphatic rings. The third-order valence-electron chi connectivity index (χ3n) is 5.71. The van der Waals surface area contributed by atoms with Crippen molar-refractivity contribution >= 4 is 44.3 Å². The minimum Gasteiger partial charge on any atom is -0.475 e. The molecule has 0 bridgehead atoms. The van der Waals surface area contributed by atoms with Gasteiger partial charge in [0.1, 0.15) is 23.3 Å². The number of benzene rings is 1. The lowest BCUT2D eigenvalue weighted by Crippen LogP contribution is -2.21. The van der Waals surface area contributed by atoms with Gasteiger partial charge in [-0.1, -0.05) is 12.1 Å². The van der Waals surface area contributed by atoms with Crippen LogP contribution in [0, 0.1) is 11.3 Å². The summed E-state index contributed by atoms with van der Waals surface area (Å²) in [6.07, 6.45) is 1.95. The summed E-state index contributed by atoms with van der Waals surface area (Å²) in [5.41, 5.74) is 4.37. The molecular weight excluding hydrogens is 539 g/mol. The van der Waals surface area contributed by atoms with Crippen LogP contribution in [0.1, 0.15) is 29.5 Å². The Morgan fingerprint density at radius 1 is 1.31 bits per heavy atom. The SMILES string of the molecule is CS(=O)(=O)Cc1cc(Nc2cc(NC3CC3)n3ncc(C#N)c3n2)ccc1C1=CCNC1.O=C(O)C(F)(F)F. The second-order valence-electron chi connectivity index (χ2n) is 9.08. The molecule has 0 spiro atoms. The normalized spacial score (nSPS) is 15.2. The number of sulfone groups is 1. The number of alkyl halides is 3. The number of hydrogen-bond donors (Lipinski definition) is 4. The molecule has 39 heavy (non-hydrogen) atoms. The average Bonchev–Trinajstić information content (AvgIpc) is 3.31. The number of halogens is 3. The van der Waals surface area contributed by atoms with Gasteiger partial charge in [-0.2, -0.15) is 28.0 Å². The van der Waals surface area contributed by atoms with E-state index in [2.05, 4.69) is 38.2 Å². The van der Waals surface area contributed by atoms with E-state index in [0.717, 1.165) is 54.1 Å². The van der Waals surface area contributed by atoms with Crippen molar-refractivity contribution in [1.82, 2.24) is 19.9 Å². The summed E-state index contributed by atoms with van der Waals surface area (Å²) in [5, 5.41) is 30.8. The molecule has 3 aromatic rings. The van der Waals surface area contributed by atoms with Crippen molar-refractivity contribution < 1.29 is 31.5 Å². The molecule has 5 rings (SSSR count). The van der Waals surface area contributed by atoms with Crippen LogP contribution in [-0.2, 0) is 20.4 Å². The number of fused-ring (bicyclic) bond motifs is 1. The molecule has 0 unspecified atom stereocenters. The molecule has 2 aromatic heterocycles. The van der Waals surface area contributed by atoms with Crippen molar-refractivity contribution in [2.24, 2.45) is 0 Å². The van der Waals surface area contributed by atoms with Crippen molar-refractivity contribution in [3.05, 3.63) is 53.2 Å². The summed E-state index contributed by atoms with van der Waals surface area (Å²) >= 11 is 0. The zero-order valence-electron chi connectivity index (χ0n) is 20.6. The van der Waals surface area contributed by atoms with Crippen molar-refractivity contribution in [2.75, 3.05) is 30.0 Å². The Balaban J connectivity index is 0.000000448. The summed E-state index contributed by atoms with van der Waals surface area (Å²) in [5.74, 6) is -1.49. The molecular formula is C24H24F3N7O4S. The minimum absolute atomic E-state index is 0.0443. The summed E-state index contributed by atoms with van der Waals surface area (Å²) in [7, 11) is -3.21. The third kappa shape index (κ3) is 7.24. The quantitative estimate of drug-likeness (QED) is 0.336. The smallest absolute Gasteiger partial charge is 0.475 e. The van der Waals surface area contributed by atoms with Gasteiger partial charge in [0.25, 0.3) is 0 Å². The van der Waals surface area contributed by atoms with Crippen LogP contribution >= 0.6 is 0 Å². The number of anilines is 3. The fourth-order valence-electron chi connectivity index (χ4n) is 3.86. The first-order chi connectivity index (χ1) is 18.3. The topological polar surface area (TPSA) is 162 Å². The van der Waals surface area contributed by atoms with Gasteiger partial charge in [0.2, 0.25) is 0 Å². The number of aliphatic carboxylic acids is 1. The number of hydrogen-bond acceptors (Lipinski definition) is 9. The highest BCUT2D eigenvalue weighted by Crippen LogP contribution is 2.30. The molecule has 0 saturated heterocycles. The molecule has 1 saturated carbocycles. The van der Waals surface area contributed by atoms with E-state index in [9.17, 15) is 26.9 Å². The molecule has 1 aliphatic carbocycles. The number of nitrogens with zero attached hydrogens (tertiary/aromatic N) is 4. The Kier molecular flexibility index (Phi) is 7.79. The Morgan fingerprint density at radius 3 is 2.59 bits per heavy atom. The second kappa shape index (κ2) is 10.9. The Bertz CT molecular complexity index is 1590. The summed E-state index contributed by atoms with van der Waals surface area (Å²) < 4.78 is 57.5. The number of carboxylic acids is 1. The fourth-order valence-corrected chi connectivity index (χ4v) is 4.66. The number of nitriles is 1. The molecule has 0 atom stereocenters. The van der Waals surface area contributed by atoms with Crippen molar-refractivity contribution in [3.63, 3.8) is 0 Å². The van der Waals surface area contributed by atoms with Gasteiger partial charge in [0, 0.05) is 37.1 Å². The van der Waals surface area contributed by atoms with Crippen LogP contribution in [0.15, 0.2) is 36.5 Å². The minimum atomic E-state index is -5.08. The largest absolute Gasteiger partial charge is 0.490 e. The monoisotopic (exact) mass is 563 g/mol. The molecule has 1 aliphatic heterocycles. The van der Waals surface area contributed by atoms with Gasteiger partial charge < -0.3 is 21.1 Å². The zero-order valence-corrected chi connectivity index (χ0v) is 21.4. The van der Waals surface area contributed by atoms with Crippen molar-refractivity contribution in [2.45, 2.75) is 30.8 Å². The Morgan fingerprint density at radius 2 is 2.03 bits per heavy atom. The number of carbonyl (C=O) groups is 1. The van der Waals surface area contributed by atoms with Gasteiger partial charge in [0.15, 0.2) is 15.5 Å². The first-order valence-electron chi connectivity index (χ1n) is 11.7. The molecule has 15 heteroatoms. The lowest BCUT2D eigenvalue weighted by molar-refractivity contribution is -0.192. The fraction of sp³-hybridized carbons (Fsp3) is 0.333. The van der Waals surface area contributed by atoms with Crippen LogP contribution in [-0.4, -0.2) is 65.7 Å². The lowest BCUT2D eigenvalue weighted by Gasteiger charge is -2.15. The zero-order chi connectivity index (χ0) is 28.4. The maximum absolute atomic E-state index is 12.1. The van der Waals surface area contributed by atoms with Crippen molar-refractivity contribution in [3.8, 4) is 6.07 Å². The van der Waals surface area contributed by atoms with Gasteiger partial charge in [0.05, 0.1) is 11.9 Å². The standard InChI is InChI=1S/C22H23N7O2S.C2HF3O2/c1-32(30,31)13-15-8-18(4-5-19(15)14-6-7-24-11-14)26-20-9-21(27-17-2-3-17)29-22(28-20)16(10-23)12-25-29;3-2(4,5)1(6)7/h4-6,8-9,12,17,24,27H,2-3,7,11,13H2,1H3,(H,26,28);(H,6,7). The predicted octanol–water partition coefficient (Wildman–Crippen LogP) is 3.08. The number of aromatic nitrogens is 3. The van der Waals surface area contributed by atoms with E-state index in [-0.39, 0.29) is 5.75 Å². The number of rotatable bonds is 7. The third-order valence-corrected chi connectivity index (χ3v) is 6.55. The van der Waals surface area contributed by atoms with E-state index in [4.69, 9.17) is 9.90 Å². The number of carboxylic acid groups (broad SMARTS) is 1. The predicted molar refractivity (Wildman–Crippen MR) is 137 cm³/mol. The molecule has 4 N–H and O–H groups in total. The summed E-state index contributed by atoms with van der Waals surface area (Å²) in [6.45, 7) is 1.50. The van der Waals surface area contributed by atoms with Crippen LogP contribution in [0.3, 0.4) is 0 Å². The average molecular weight is 564 g/mol. The molecule has 206 valence electrons. The Hall–Kier alpha value is -4.16. The van der Waals surface area contributed by atoms with Gasteiger partial charge in [-0.25, -0.2) is 18.2 Å². The highest BCUT2D eigenvalue weighted by atomic mass is 32.2. The summed E-state index contributed by atoms with van der Waals surface area (Å²) in [6, 6.07) is 10.1. The van der Waals surface area contributed by atoms with Gasteiger partial charge >= 0.3 is 12.1 Å². The highest BCUT2D eigenvalue weighted by molar-refractivity contribution is 7.89. The first-order valence-corrected chi connectivity index (χ1v) is 13.7. The molecule has 1 aromatic carbocycles. The van der Waals surface area contributed by atoms with Crippen molar-refractivity contribution in [1.29, 1.82) is 5.26 Å². The van der Waals surface area contributed by atoms with E-state index in [0.29, 0.717) is 23.1 Å². The van der Waals surface area contributed by atoms with Crippen LogP contribution < -0.4 is 16.0 Å². The van der Waals surface area contributed by atoms with Gasteiger partial charge in [-0.3, -0.25) is 0 Å². The second-order valence-corrected chi connectivity index (χ2v) is 11.2. The van der Waals surface area contributed by atoms with Gasteiger partial charge in [-0.15, -0.1) is 0 Å². The molecule has 0 amide bonds. The first kappa shape index (κ1) is 27.9. The van der Waals surface area contributed by atoms with E-state index in [1.54, 1.807) is 4.52 Å². The summed E-state index contributed by atoms with van der Waals surface area (Å²) in [4.78, 5) is 13.5. The van der Waals surface area contributed by atoms with Crippen LogP contribution in [0.25, 0.3) is 11.2 Å². The Labute approximate surface area is 221 Å². The molecule has 3 heterocycles. The van der Waals surface area contributed by atoms with E-state index >= 15 is 0 Å². The van der Waals surface area contributed by atoms with E-state index in [1.807, 2.05) is 24.3 Å². The molecule has 11 nitrogen and oxygen atoms in total. The van der Waals surface area contributed by atoms with Crippen LogP contribution in [0.5, 0.6) is 0 Å². The molecule has 0 radical (unpaired) electrons. The maximum Gasteiger partial charge on any atom is 0.490 e. The lowest BCUT2D eigenvalue weighted by atomic mass is 10.0. The maximum atomic E-state index is 12.1. The van der Waals surface area contributed by atoms with E-state index < -0.39 is 22.0 Å². The highest BCUT2D eigenvalue weighted by Gasteiger charge is 2.38. The van der Waals surface area contributed by atoms with E-state index in [1.165, 1.54) is 12.5 Å². The van der Waals surface area contributed by atoms with Gasteiger partial charge in [-0.05, 0) is 41.7 Å². The molecule has 1 fully saturated rings. The number of nitrogens with one attached hydrogen (secondary N) is 3. The van der Waals surface area contributed by atoms with Crippen LogP contribution in [0.2, 0.25) is 0 Å².